The summed E-state index contributed by atoms with van der Waals surface area (Å²) in [7, 11) is 0. The Labute approximate surface area is 121 Å². The number of halogens is 2. The summed E-state index contributed by atoms with van der Waals surface area (Å²) in [4.78, 5) is 15.6. The van der Waals surface area contributed by atoms with E-state index in [0.29, 0.717) is 13.1 Å². The molecule has 0 saturated carbocycles. The number of amides is 1. The Kier molecular flexibility index (Phi) is 5.34. The van der Waals surface area contributed by atoms with Gasteiger partial charge in [0, 0.05) is 43.7 Å². The van der Waals surface area contributed by atoms with Gasteiger partial charge in [0.15, 0.2) is 11.6 Å². The van der Waals surface area contributed by atoms with Crippen molar-refractivity contribution in [2.24, 2.45) is 0 Å². The highest BCUT2D eigenvalue weighted by Crippen LogP contribution is 2.13. The smallest absolute Gasteiger partial charge is 0.225 e. The third-order valence-electron chi connectivity index (χ3n) is 2.78. The second-order valence-electron chi connectivity index (χ2n) is 4.47. The lowest BCUT2D eigenvalue weighted by molar-refractivity contribution is -0.116. The van der Waals surface area contributed by atoms with Crippen LogP contribution in [0, 0.1) is 11.6 Å². The molecular weight excluding hydrogens is 276 g/mol. The summed E-state index contributed by atoms with van der Waals surface area (Å²) >= 11 is 0. The van der Waals surface area contributed by atoms with Crippen LogP contribution in [0.15, 0.2) is 42.7 Å². The molecule has 0 unspecified atom stereocenters. The Bertz CT molecular complexity index is 605. The average Bonchev–Trinajstić information content (AvgIpc) is 2.49. The Morgan fingerprint density at radius 3 is 2.76 bits per heavy atom. The van der Waals surface area contributed by atoms with E-state index in [1.54, 1.807) is 12.4 Å². The fourth-order valence-electron chi connectivity index (χ4n) is 1.73. The number of anilines is 1. The van der Waals surface area contributed by atoms with Crippen LogP contribution in [0.4, 0.5) is 14.5 Å². The summed E-state index contributed by atoms with van der Waals surface area (Å²) in [5.74, 6) is -2.19. The van der Waals surface area contributed by atoms with Gasteiger partial charge in [-0.3, -0.25) is 9.78 Å². The zero-order valence-corrected chi connectivity index (χ0v) is 11.3. The average molecular weight is 291 g/mol. The van der Waals surface area contributed by atoms with Crippen molar-refractivity contribution in [2.45, 2.75) is 13.0 Å². The van der Waals surface area contributed by atoms with Crippen LogP contribution in [0.5, 0.6) is 0 Å². The molecule has 0 saturated heterocycles. The van der Waals surface area contributed by atoms with E-state index in [1.165, 1.54) is 6.07 Å². The van der Waals surface area contributed by atoms with Gasteiger partial charge in [-0.15, -0.1) is 0 Å². The van der Waals surface area contributed by atoms with Crippen molar-refractivity contribution >= 4 is 11.6 Å². The molecule has 0 fully saturated rings. The number of hydrogen-bond acceptors (Lipinski definition) is 3. The Balaban J connectivity index is 1.71. The normalized spacial score (nSPS) is 10.4. The number of nitrogens with zero attached hydrogens (tertiary/aromatic N) is 1. The fraction of sp³-hybridized carbons (Fsp3) is 0.200. The third kappa shape index (κ3) is 4.92. The zero-order valence-electron chi connectivity index (χ0n) is 11.3. The van der Waals surface area contributed by atoms with E-state index >= 15 is 0 Å². The summed E-state index contributed by atoms with van der Waals surface area (Å²) in [6, 6.07) is 7.02. The van der Waals surface area contributed by atoms with Crippen LogP contribution in [-0.2, 0) is 11.3 Å². The summed E-state index contributed by atoms with van der Waals surface area (Å²) in [6.45, 7) is 1.09. The minimum Gasteiger partial charge on any atom is -0.326 e. The highest BCUT2D eigenvalue weighted by molar-refractivity contribution is 5.90. The number of carbonyl (C=O) groups excluding carboxylic acids is 1. The van der Waals surface area contributed by atoms with Crippen LogP contribution in [0.3, 0.4) is 0 Å². The molecule has 1 heterocycles. The standard InChI is InChI=1S/C15H15F2N3O/c16-13-4-3-12(8-14(13)17)20-15(21)5-7-19-10-11-2-1-6-18-9-11/h1-4,6,8-9,19H,5,7,10H2,(H,20,21). The lowest BCUT2D eigenvalue weighted by Gasteiger charge is -2.07. The molecule has 1 aromatic heterocycles. The van der Waals surface area contributed by atoms with E-state index in [2.05, 4.69) is 15.6 Å². The number of hydrogen-bond donors (Lipinski definition) is 2. The van der Waals surface area contributed by atoms with Crippen molar-refractivity contribution in [3.8, 4) is 0 Å². The molecule has 110 valence electrons. The molecule has 21 heavy (non-hydrogen) atoms. The summed E-state index contributed by atoms with van der Waals surface area (Å²) < 4.78 is 25.7. The molecule has 0 bridgehead atoms. The summed E-state index contributed by atoms with van der Waals surface area (Å²) in [6.07, 6.45) is 3.67. The van der Waals surface area contributed by atoms with Gasteiger partial charge in [0.2, 0.25) is 5.91 Å². The Morgan fingerprint density at radius 1 is 1.19 bits per heavy atom. The first-order chi connectivity index (χ1) is 10.1. The molecule has 0 spiro atoms. The van der Waals surface area contributed by atoms with Crippen molar-refractivity contribution < 1.29 is 13.6 Å². The minimum absolute atomic E-state index is 0.235. The molecule has 0 atom stereocenters. The van der Waals surface area contributed by atoms with Crippen LogP contribution in [0.2, 0.25) is 0 Å². The number of pyridine rings is 1. The molecule has 6 heteroatoms. The van der Waals surface area contributed by atoms with Crippen molar-refractivity contribution in [1.82, 2.24) is 10.3 Å². The molecule has 2 aromatic rings. The highest BCUT2D eigenvalue weighted by Gasteiger charge is 2.06. The van der Waals surface area contributed by atoms with E-state index < -0.39 is 11.6 Å². The Hall–Kier alpha value is -2.34. The van der Waals surface area contributed by atoms with Gasteiger partial charge in [0.05, 0.1) is 0 Å². The van der Waals surface area contributed by atoms with E-state index in [9.17, 15) is 13.6 Å². The van der Waals surface area contributed by atoms with Gasteiger partial charge >= 0.3 is 0 Å². The fourth-order valence-corrected chi connectivity index (χ4v) is 1.73. The maximum Gasteiger partial charge on any atom is 0.225 e. The monoisotopic (exact) mass is 291 g/mol. The predicted molar refractivity (Wildman–Crippen MR) is 75.5 cm³/mol. The van der Waals surface area contributed by atoms with Gasteiger partial charge in [-0.05, 0) is 23.8 Å². The largest absolute Gasteiger partial charge is 0.326 e. The SMILES string of the molecule is O=C(CCNCc1cccnc1)Nc1ccc(F)c(F)c1. The molecule has 2 rings (SSSR count). The van der Waals surface area contributed by atoms with E-state index in [0.717, 1.165) is 17.7 Å². The topological polar surface area (TPSA) is 54.0 Å². The first kappa shape index (κ1) is 15.1. The number of nitrogens with one attached hydrogen (secondary N) is 2. The molecule has 1 amide bonds. The molecular formula is C15H15F2N3O. The van der Waals surface area contributed by atoms with Gasteiger partial charge in [0.25, 0.3) is 0 Å². The lowest BCUT2D eigenvalue weighted by Crippen LogP contribution is -2.21. The first-order valence-corrected chi connectivity index (χ1v) is 6.49. The third-order valence-corrected chi connectivity index (χ3v) is 2.78. The molecule has 1 aromatic carbocycles. The summed E-state index contributed by atoms with van der Waals surface area (Å²) in [5, 5.41) is 5.61. The minimum atomic E-state index is -0.984. The van der Waals surface area contributed by atoms with Crippen LogP contribution in [0.1, 0.15) is 12.0 Å². The second-order valence-corrected chi connectivity index (χ2v) is 4.47. The van der Waals surface area contributed by atoms with Gasteiger partial charge < -0.3 is 10.6 Å². The lowest BCUT2D eigenvalue weighted by atomic mass is 10.2. The zero-order chi connectivity index (χ0) is 15.1. The maximum atomic E-state index is 13.0. The number of carbonyl (C=O) groups is 1. The van der Waals surface area contributed by atoms with Gasteiger partial charge in [-0.25, -0.2) is 8.78 Å². The molecule has 0 radical (unpaired) electrons. The van der Waals surface area contributed by atoms with Crippen LogP contribution in [-0.4, -0.2) is 17.4 Å². The number of rotatable bonds is 6. The van der Waals surface area contributed by atoms with E-state index in [-0.39, 0.29) is 18.0 Å². The van der Waals surface area contributed by atoms with Crippen molar-refractivity contribution in [3.63, 3.8) is 0 Å². The number of aromatic nitrogens is 1. The van der Waals surface area contributed by atoms with Gasteiger partial charge in [-0.1, -0.05) is 6.07 Å². The highest BCUT2D eigenvalue weighted by atomic mass is 19.2. The van der Waals surface area contributed by atoms with Gasteiger partial charge in [-0.2, -0.15) is 0 Å². The predicted octanol–water partition coefficient (Wildman–Crippen LogP) is 2.48. The van der Waals surface area contributed by atoms with Crippen LogP contribution < -0.4 is 10.6 Å². The quantitative estimate of drug-likeness (QED) is 0.804. The Morgan fingerprint density at radius 2 is 2.05 bits per heavy atom. The van der Waals surface area contributed by atoms with Crippen LogP contribution >= 0.6 is 0 Å². The molecule has 2 N–H and O–H groups in total. The maximum absolute atomic E-state index is 13.0. The number of benzene rings is 1. The molecule has 0 aliphatic rings. The summed E-state index contributed by atoms with van der Waals surface area (Å²) in [5.41, 5.74) is 1.27. The van der Waals surface area contributed by atoms with Gasteiger partial charge in [0.1, 0.15) is 0 Å². The second kappa shape index (κ2) is 7.44. The van der Waals surface area contributed by atoms with Crippen molar-refractivity contribution in [1.29, 1.82) is 0 Å². The van der Waals surface area contributed by atoms with E-state index in [1.807, 2.05) is 12.1 Å². The molecule has 4 nitrogen and oxygen atoms in total. The molecule has 0 aliphatic carbocycles. The molecule has 0 aliphatic heterocycles. The van der Waals surface area contributed by atoms with E-state index in [4.69, 9.17) is 0 Å². The van der Waals surface area contributed by atoms with Crippen molar-refractivity contribution in [3.05, 3.63) is 59.9 Å². The first-order valence-electron chi connectivity index (χ1n) is 6.49. The van der Waals surface area contributed by atoms with Crippen molar-refractivity contribution in [2.75, 3.05) is 11.9 Å². The van der Waals surface area contributed by atoms with Crippen LogP contribution in [0.25, 0.3) is 0 Å².